The monoisotopic (exact) mass is 279 g/mol. The number of nitrogens with one attached hydrogen (secondary N) is 1. The second-order valence-electron chi connectivity index (χ2n) is 3.87. The zero-order valence-electron chi connectivity index (χ0n) is 10.0. The molecule has 0 unspecified atom stereocenters. The van der Waals surface area contributed by atoms with Gasteiger partial charge >= 0.3 is 0 Å². The number of hydrogen-bond acceptors (Lipinski definition) is 7. The maximum atomic E-state index is 6.06. The standard InChI is InChI=1S/C10H10ClN7O/c1-6-8(11)16-10-13-4-15-18(10)9(6)12-3-2-7-14-5-19-17-7/h4-5,12H,2-3H2,1H3. The van der Waals surface area contributed by atoms with Gasteiger partial charge in [-0.2, -0.15) is 24.6 Å². The average molecular weight is 280 g/mol. The summed E-state index contributed by atoms with van der Waals surface area (Å²) in [4.78, 5) is 12.1. The van der Waals surface area contributed by atoms with Crippen LogP contribution in [0.3, 0.4) is 0 Å². The first-order valence-electron chi connectivity index (χ1n) is 5.60. The van der Waals surface area contributed by atoms with Gasteiger partial charge < -0.3 is 9.84 Å². The molecule has 0 aromatic carbocycles. The molecule has 3 rings (SSSR count). The summed E-state index contributed by atoms with van der Waals surface area (Å²) in [5, 5.41) is 11.5. The van der Waals surface area contributed by atoms with Crippen LogP contribution in [-0.4, -0.2) is 36.3 Å². The molecular formula is C10H10ClN7O. The van der Waals surface area contributed by atoms with E-state index >= 15 is 0 Å². The normalized spacial score (nSPS) is 11.1. The summed E-state index contributed by atoms with van der Waals surface area (Å²) in [6.45, 7) is 2.49. The highest BCUT2D eigenvalue weighted by molar-refractivity contribution is 6.30. The molecule has 8 nitrogen and oxygen atoms in total. The van der Waals surface area contributed by atoms with Crippen molar-refractivity contribution in [3.05, 3.63) is 29.3 Å². The third kappa shape index (κ3) is 2.22. The molecular weight excluding hydrogens is 270 g/mol. The number of fused-ring (bicyclic) bond motifs is 1. The molecule has 0 saturated heterocycles. The Hall–Kier alpha value is -2.22. The van der Waals surface area contributed by atoms with Crippen molar-refractivity contribution in [1.29, 1.82) is 0 Å². The van der Waals surface area contributed by atoms with Gasteiger partial charge in [-0.25, -0.2) is 0 Å². The van der Waals surface area contributed by atoms with E-state index in [1.165, 1.54) is 12.7 Å². The van der Waals surface area contributed by atoms with Crippen molar-refractivity contribution in [1.82, 2.24) is 29.7 Å². The predicted molar refractivity (Wildman–Crippen MR) is 67.0 cm³/mol. The maximum absolute atomic E-state index is 6.06. The zero-order valence-corrected chi connectivity index (χ0v) is 10.8. The van der Waals surface area contributed by atoms with Gasteiger partial charge in [0.15, 0.2) is 5.82 Å². The van der Waals surface area contributed by atoms with E-state index in [1.807, 2.05) is 6.92 Å². The number of rotatable bonds is 4. The molecule has 0 aliphatic heterocycles. The molecule has 0 fully saturated rings. The van der Waals surface area contributed by atoms with E-state index in [0.717, 1.165) is 11.4 Å². The van der Waals surface area contributed by atoms with Crippen molar-refractivity contribution in [2.24, 2.45) is 0 Å². The first-order valence-corrected chi connectivity index (χ1v) is 5.98. The summed E-state index contributed by atoms with van der Waals surface area (Å²) >= 11 is 6.06. The van der Waals surface area contributed by atoms with Crippen molar-refractivity contribution < 1.29 is 4.52 Å². The van der Waals surface area contributed by atoms with Gasteiger partial charge in [0.1, 0.15) is 17.3 Å². The van der Waals surface area contributed by atoms with Crippen molar-refractivity contribution in [2.75, 3.05) is 11.9 Å². The molecule has 0 amide bonds. The molecule has 0 aliphatic rings. The van der Waals surface area contributed by atoms with Crippen LogP contribution in [0.5, 0.6) is 0 Å². The molecule has 98 valence electrons. The van der Waals surface area contributed by atoms with Gasteiger partial charge in [0.2, 0.25) is 6.39 Å². The lowest BCUT2D eigenvalue weighted by Crippen LogP contribution is -2.12. The largest absolute Gasteiger partial charge is 0.369 e. The first-order chi connectivity index (χ1) is 9.25. The van der Waals surface area contributed by atoms with Gasteiger partial charge in [-0.1, -0.05) is 16.8 Å². The highest BCUT2D eigenvalue weighted by Crippen LogP contribution is 2.21. The van der Waals surface area contributed by atoms with Crippen LogP contribution in [0.4, 0.5) is 5.82 Å². The lowest BCUT2D eigenvalue weighted by molar-refractivity contribution is 0.410. The van der Waals surface area contributed by atoms with E-state index in [-0.39, 0.29) is 0 Å². The molecule has 0 atom stereocenters. The smallest absolute Gasteiger partial charge is 0.255 e. The molecule has 0 aliphatic carbocycles. The van der Waals surface area contributed by atoms with Crippen molar-refractivity contribution in [3.8, 4) is 0 Å². The quantitative estimate of drug-likeness (QED) is 0.715. The van der Waals surface area contributed by atoms with Crippen LogP contribution < -0.4 is 5.32 Å². The van der Waals surface area contributed by atoms with Crippen LogP contribution >= 0.6 is 11.6 Å². The van der Waals surface area contributed by atoms with Crippen LogP contribution in [0, 0.1) is 6.92 Å². The number of anilines is 1. The molecule has 1 N–H and O–H groups in total. The Balaban J connectivity index is 1.83. The van der Waals surface area contributed by atoms with Gasteiger partial charge in [0.25, 0.3) is 5.78 Å². The second-order valence-corrected chi connectivity index (χ2v) is 4.23. The Labute approximate surface area is 112 Å². The van der Waals surface area contributed by atoms with Crippen LogP contribution in [0.2, 0.25) is 5.15 Å². The predicted octanol–water partition coefficient (Wildman–Crippen LogP) is 1.12. The van der Waals surface area contributed by atoms with E-state index < -0.39 is 0 Å². The highest BCUT2D eigenvalue weighted by atomic mass is 35.5. The van der Waals surface area contributed by atoms with E-state index in [1.54, 1.807) is 4.52 Å². The minimum absolute atomic E-state index is 0.405. The summed E-state index contributed by atoms with van der Waals surface area (Å²) in [7, 11) is 0. The number of halogens is 1. The van der Waals surface area contributed by atoms with Crippen LogP contribution in [0.1, 0.15) is 11.4 Å². The van der Waals surface area contributed by atoms with Crippen LogP contribution in [0.25, 0.3) is 5.78 Å². The molecule has 3 aromatic heterocycles. The fourth-order valence-electron chi connectivity index (χ4n) is 1.70. The summed E-state index contributed by atoms with van der Waals surface area (Å²) in [5.74, 6) is 1.86. The number of hydrogen-bond donors (Lipinski definition) is 1. The van der Waals surface area contributed by atoms with E-state index in [2.05, 4.69) is 35.0 Å². The molecule has 0 spiro atoms. The number of nitrogens with zero attached hydrogens (tertiary/aromatic N) is 6. The highest BCUT2D eigenvalue weighted by Gasteiger charge is 2.11. The Morgan fingerprint density at radius 1 is 1.42 bits per heavy atom. The average Bonchev–Trinajstić information content (AvgIpc) is 3.04. The molecule has 3 heterocycles. The van der Waals surface area contributed by atoms with Gasteiger partial charge in [-0.05, 0) is 6.92 Å². The Bertz CT molecular complexity index is 693. The minimum Gasteiger partial charge on any atom is -0.369 e. The van der Waals surface area contributed by atoms with Gasteiger partial charge in [-0.15, -0.1) is 0 Å². The fourth-order valence-corrected chi connectivity index (χ4v) is 1.87. The van der Waals surface area contributed by atoms with E-state index in [9.17, 15) is 0 Å². The molecule has 9 heteroatoms. The summed E-state index contributed by atoms with van der Waals surface area (Å²) in [6, 6.07) is 0. The SMILES string of the molecule is Cc1c(Cl)nc2ncnn2c1NCCc1ncon1. The molecule has 3 aromatic rings. The summed E-state index contributed by atoms with van der Waals surface area (Å²) < 4.78 is 6.28. The van der Waals surface area contributed by atoms with Crippen LogP contribution in [-0.2, 0) is 6.42 Å². The van der Waals surface area contributed by atoms with Gasteiger partial charge in [-0.3, -0.25) is 0 Å². The Morgan fingerprint density at radius 2 is 2.32 bits per heavy atom. The molecule has 19 heavy (non-hydrogen) atoms. The third-order valence-electron chi connectivity index (χ3n) is 2.65. The zero-order chi connectivity index (χ0) is 13.2. The summed E-state index contributed by atoms with van der Waals surface area (Å²) in [6.07, 6.45) is 3.37. The van der Waals surface area contributed by atoms with Gasteiger partial charge in [0, 0.05) is 18.5 Å². The molecule has 0 radical (unpaired) electrons. The van der Waals surface area contributed by atoms with Gasteiger partial charge in [0.05, 0.1) is 0 Å². The molecule has 0 bridgehead atoms. The van der Waals surface area contributed by atoms with Crippen molar-refractivity contribution in [3.63, 3.8) is 0 Å². The Kier molecular flexibility index (Phi) is 3.00. The summed E-state index contributed by atoms with van der Waals surface area (Å²) in [5.41, 5.74) is 0.813. The topological polar surface area (TPSA) is 94.0 Å². The van der Waals surface area contributed by atoms with Crippen molar-refractivity contribution >= 4 is 23.2 Å². The fraction of sp³-hybridized carbons (Fsp3) is 0.300. The lowest BCUT2D eigenvalue weighted by Gasteiger charge is -2.10. The molecule has 0 saturated carbocycles. The number of aromatic nitrogens is 6. The van der Waals surface area contributed by atoms with Crippen molar-refractivity contribution in [2.45, 2.75) is 13.3 Å². The van der Waals surface area contributed by atoms with E-state index in [0.29, 0.717) is 29.7 Å². The first kappa shape index (κ1) is 11.8. The minimum atomic E-state index is 0.405. The second kappa shape index (κ2) is 4.81. The van der Waals surface area contributed by atoms with Crippen LogP contribution in [0.15, 0.2) is 17.2 Å². The van der Waals surface area contributed by atoms with E-state index in [4.69, 9.17) is 11.6 Å². The maximum Gasteiger partial charge on any atom is 0.255 e. The lowest BCUT2D eigenvalue weighted by atomic mass is 10.3. The Morgan fingerprint density at radius 3 is 3.11 bits per heavy atom. The third-order valence-corrected chi connectivity index (χ3v) is 3.02.